The zero-order valence-electron chi connectivity index (χ0n) is 16.6. The number of carbonyl (C=O) groups excluding carboxylic acids is 2. The maximum Gasteiger partial charge on any atom is 0.232 e. The Bertz CT molecular complexity index is 954. The first-order chi connectivity index (χ1) is 13.5. The first-order valence-corrected chi connectivity index (χ1v) is 11.0. The number of Topliss-reactive ketones (excluding diaryl/α,β-unsaturated/α-hetero) is 1. The van der Waals surface area contributed by atoms with Crippen LogP contribution in [0.3, 0.4) is 0 Å². The fourth-order valence-electron chi connectivity index (χ4n) is 4.49. The molecule has 2 aromatic carbocycles. The van der Waals surface area contributed by atoms with Crippen molar-refractivity contribution in [2.75, 3.05) is 11.2 Å². The van der Waals surface area contributed by atoms with E-state index in [2.05, 4.69) is 30.3 Å². The topological polar surface area (TPSA) is 37.4 Å². The molecule has 1 aliphatic heterocycles. The second kappa shape index (κ2) is 7.59. The van der Waals surface area contributed by atoms with Crippen LogP contribution in [0.1, 0.15) is 48.3 Å². The maximum absolute atomic E-state index is 13.3. The Hall–Kier alpha value is -2.33. The van der Waals surface area contributed by atoms with Gasteiger partial charge in [-0.1, -0.05) is 18.2 Å². The summed E-state index contributed by atoms with van der Waals surface area (Å²) >= 11 is 1.69. The van der Waals surface area contributed by atoms with Crippen molar-refractivity contribution in [1.29, 1.82) is 0 Å². The van der Waals surface area contributed by atoms with Crippen LogP contribution in [0.5, 0.6) is 0 Å². The molecule has 0 fully saturated rings. The normalized spacial score (nSPS) is 19.8. The van der Waals surface area contributed by atoms with Crippen molar-refractivity contribution >= 4 is 29.1 Å². The highest BCUT2D eigenvalue weighted by atomic mass is 32.2. The summed E-state index contributed by atoms with van der Waals surface area (Å²) in [6.45, 7) is 4.09. The minimum absolute atomic E-state index is 0.0809. The van der Waals surface area contributed by atoms with E-state index >= 15 is 0 Å². The van der Waals surface area contributed by atoms with Crippen LogP contribution in [0.25, 0.3) is 0 Å². The number of anilines is 1. The van der Waals surface area contributed by atoms with E-state index in [1.165, 1.54) is 4.90 Å². The van der Waals surface area contributed by atoms with Crippen LogP contribution in [0.2, 0.25) is 0 Å². The lowest BCUT2D eigenvalue weighted by molar-refractivity contribution is -0.119. The van der Waals surface area contributed by atoms with Crippen LogP contribution >= 0.6 is 11.8 Å². The fraction of sp³-hybridized carbons (Fsp3) is 0.333. The molecule has 0 radical (unpaired) electrons. The molecule has 1 atom stereocenters. The van der Waals surface area contributed by atoms with Gasteiger partial charge in [0.15, 0.2) is 5.78 Å². The molecule has 28 heavy (non-hydrogen) atoms. The number of nitrogens with zero attached hydrogens (tertiary/aromatic N) is 1. The van der Waals surface area contributed by atoms with E-state index < -0.39 is 0 Å². The zero-order chi connectivity index (χ0) is 19.8. The zero-order valence-corrected chi connectivity index (χ0v) is 17.4. The molecule has 0 aromatic heterocycles. The number of rotatable bonds is 3. The van der Waals surface area contributed by atoms with E-state index in [0.717, 1.165) is 46.5 Å². The summed E-state index contributed by atoms with van der Waals surface area (Å²) in [6, 6.07) is 14.5. The van der Waals surface area contributed by atoms with Crippen molar-refractivity contribution in [1.82, 2.24) is 0 Å². The molecule has 0 spiro atoms. The number of benzene rings is 2. The molecule has 2 aliphatic rings. The Morgan fingerprint density at radius 3 is 2.29 bits per heavy atom. The molecule has 1 heterocycles. The standard InChI is InChI=1S/C24H25NO2S/c1-15-11-16(2)13-18(12-15)25-21-5-4-6-22(26)24(21)20(14-23(25)27)17-7-9-19(28-3)10-8-17/h7-13,20H,4-6,14H2,1-3H3. The third-order valence-electron chi connectivity index (χ3n) is 5.66. The molecule has 4 rings (SSSR count). The van der Waals surface area contributed by atoms with Gasteiger partial charge in [-0.25, -0.2) is 0 Å². The Balaban J connectivity index is 1.84. The Labute approximate surface area is 170 Å². The lowest BCUT2D eigenvalue weighted by atomic mass is 9.77. The second-order valence-electron chi connectivity index (χ2n) is 7.74. The maximum atomic E-state index is 13.3. The van der Waals surface area contributed by atoms with Crippen molar-refractivity contribution in [2.24, 2.45) is 0 Å². The molecule has 0 N–H and O–H groups in total. The Morgan fingerprint density at radius 1 is 0.964 bits per heavy atom. The minimum Gasteiger partial charge on any atom is -0.294 e. The van der Waals surface area contributed by atoms with E-state index in [-0.39, 0.29) is 17.6 Å². The molecule has 0 saturated carbocycles. The third kappa shape index (κ3) is 3.42. The van der Waals surface area contributed by atoms with Gasteiger partial charge in [-0.05, 0) is 73.9 Å². The van der Waals surface area contributed by atoms with Crippen LogP contribution in [-0.4, -0.2) is 17.9 Å². The largest absolute Gasteiger partial charge is 0.294 e. The summed E-state index contributed by atoms with van der Waals surface area (Å²) in [7, 11) is 0. The van der Waals surface area contributed by atoms with Crippen LogP contribution in [0, 0.1) is 13.8 Å². The van der Waals surface area contributed by atoms with Gasteiger partial charge in [0.1, 0.15) is 0 Å². The van der Waals surface area contributed by atoms with Crippen molar-refractivity contribution in [3.05, 3.63) is 70.4 Å². The molecule has 1 aliphatic carbocycles. The predicted molar refractivity (Wildman–Crippen MR) is 115 cm³/mol. The highest BCUT2D eigenvalue weighted by Gasteiger charge is 2.39. The van der Waals surface area contributed by atoms with Crippen LogP contribution < -0.4 is 4.90 Å². The van der Waals surface area contributed by atoms with Gasteiger partial charge in [-0.3, -0.25) is 14.5 Å². The number of allylic oxidation sites excluding steroid dienone is 2. The molecular formula is C24H25NO2S. The molecule has 2 aromatic rings. The number of carbonyl (C=O) groups is 2. The van der Waals surface area contributed by atoms with Crippen molar-refractivity contribution in [2.45, 2.75) is 50.3 Å². The van der Waals surface area contributed by atoms with E-state index in [4.69, 9.17) is 0 Å². The average molecular weight is 392 g/mol. The highest BCUT2D eigenvalue weighted by molar-refractivity contribution is 7.98. The van der Waals surface area contributed by atoms with Gasteiger partial charge in [0.25, 0.3) is 0 Å². The summed E-state index contributed by atoms with van der Waals surface area (Å²) in [5.74, 6) is 0.146. The van der Waals surface area contributed by atoms with E-state index in [0.29, 0.717) is 12.8 Å². The SMILES string of the molecule is CSc1ccc(C2CC(=O)N(c3cc(C)cc(C)c3)C3=C2C(=O)CCC3)cc1. The molecule has 1 unspecified atom stereocenters. The lowest BCUT2D eigenvalue weighted by Crippen LogP contribution is -2.40. The Kier molecular flexibility index (Phi) is 5.15. The van der Waals surface area contributed by atoms with E-state index in [9.17, 15) is 9.59 Å². The van der Waals surface area contributed by atoms with Gasteiger partial charge in [0.05, 0.1) is 0 Å². The number of aryl methyl sites for hydroxylation is 2. The van der Waals surface area contributed by atoms with E-state index in [1.807, 2.05) is 37.1 Å². The monoisotopic (exact) mass is 391 g/mol. The average Bonchev–Trinajstić information content (AvgIpc) is 2.66. The smallest absolute Gasteiger partial charge is 0.232 e. The second-order valence-corrected chi connectivity index (χ2v) is 8.62. The Morgan fingerprint density at radius 2 is 1.64 bits per heavy atom. The van der Waals surface area contributed by atoms with Crippen LogP contribution in [0.4, 0.5) is 5.69 Å². The number of thioether (sulfide) groups is 1. The summed E-state index contributed by atoms with van der Waals surface area (Å²) < 4.78 is 0. The molecule has 1 amide bonds. The first kappa shape index (κ1) is 19.0. The number of amides is 1. The molecule has 0 bridgehead atoms. The molecule has 144 valence electrons. The molecule has 3 nitrogen and oxygen atoms in total. The molecule has 4 heteroatoms. The van der Waals surface area contributed by atoms with Gasteiger partial charge < -0.3 is 0 Å². The highest BCUT2D eigenvalue weighted by Crippen LogP contribution is 2.43. The lowest BCUT2D eigenvalue weighted by Gasteiger charge is -2.38. The summed E-state index contributed by atoms with van der Waals surface area (Å²) in [4.78, 5) is 29.2. The van der Waals surface area contributed by atoms with Gasteiger partial charge in [-0.2, -0.15) is 0 Å². The number of hydrogen-bond acceptors (Lipinski definition) is 3. The number of ketones is 1. The third-order valence-corrected chi connectivity index (χ3v) is 6.40. The first-order valence-electron chi connectivity index (χ1n) is 9.79. The van der Waals surface area contributed by atoms with Gasteiger partial charge >= 0.3 is 0 Å². The summed E-state index contributed by atoms with van der Waals surface area (Å²) in [6.07, 6.45) is 4.55. The predicted octanol–water partition coefficient (Wildman–Crippen LogP) is 5.55. The molecular weight excluding hydrogens is 366 g/mol. The van der Waals surface area contributed by atoms with Gasteiger partial charge in [0.2, 0.25) is 5.91 Å². The van der Waals surface area contributed by atoms with Crippen molar-refractivity contribution in [3.8, 4) is 0 Å². The molecule has 0 saturated heterocycles. The van der Waals surface area contributed by atoms with Crippen molar-refractivity contribution in [3.63, 3.8) is 0 Å². The van der Waals surface area contributed by atoms with Gasteiger partial charge in [-0.15, -0.1) is 11.8 Å². The fourth-order valence-corrected chi connectivity index (χ4v) is 4.90. The van der Waals surface area contributed by atoms with Gasteiger partial charge in [0, 0.05) is 40.6 Å². The van der Waals surface area contributed by atoms with Crippen molar-refractivity contribution < 1.29 is 9.59 Å². The van der Waals surface area contributed by atoms with Crippen LogP contribution in [-0.2, 0) is 9.59 Å². The summed E-state index contributed by atoms with van der Waals surface area (Å²) in [5, 5.41) is 0. The van der Waals surface area contributed by atoms with E-state index in [1.54, 1.807) is 11.8 Å². The number of hydrogen-bond donors (Lipinski definition) is 0. The minimum atomic E-state index is -0.131. The quantitative estimate of drug-likeness (QED) is 0.644. The summed E-state index contributed by atoms with van der Waals surface area (Å²) in [5.41, 5.74) is 5.97. The van der Waals surface area contributed by atoms with Crippen LogP contribution in [0.15, 0.2) is 58.6 Å².